The summed E-state index contributed by atoms with van der Waals surface area (Å²) in [6.45, 7) is 0. The van der Waals surface area contributed by atoms with Gasteiger partial charge in [-0.05, 0) is 22.0 Å². The smallest absolute Gasteiger partial charge is 0.337 e. The molecule has 1 rings (SSSR count). The lowest BCUT2D eigenvalue weighted by Crippen LogP contribution is -2.17. The van der Waals surface area contributed by atoms with E-state index in [0.717, 1.165) is 0 Å². The summed E-state index contributed by atoms with van der Waals surface area (Å²) >= 11 is 3.12. The first-order chi connectivity index (χ1) is 5.65. The Bertz CT molecular complexity index is 316. The van der Waals surface area contributed by atoms with Gasteiger partial charge in [0.2, 0.25) is 0 Å². The van der Waals surface area contributed by atoms with Crippen molar-refractivity contribution >= 4 is 35.2 Å². The van der Waals surface area contributed by atoms with Gasteiger partial charge in [0, 0.05) is 6.20 Å². The summed E-state index contributed by atoms with van der Waals surface area (Å²) in [6.07, 6.45) is 1.40. The Balaban J connectivity index is 3.13. The second-order valence-corrected chi connectivity index (χ2v) is 2.90. The Morgan fingerprint density at radius 3 is 3.00 bits per heavy atom. The van der Waals surface area contributed by atoms with E-state index in [1.54, 1.807) is 0 Å². The van der Waals surface area contributed by atoms with E-state index in [9.17, 15) is 4.79 Å². The van der Waals surface area contributed by atoms with Crippen LogP contribution in [0.2, 0.25) is 0 Å². The highest BCUT2D eigenvalue weighted by Crippen LogP contribution is 2.06. The molecule has 0 amide bonds. The molecule has 5 heteroatoms. The fourth-order valence-corrected chi connectivity index (χ4v) is 1.06. The average Bonchev–Trinajstić information content (AvgIpc) is 2.08. The molecule has 0 aromatic carbocycles. The highest BCUT2D eigenvalue weighted by molar-refractivity contribution is 9.10. The fourth-order valence-electron chi connectivity index (χ4n) is 0.727. The molecule has 1 aromatic heterocycles. The minimum absolute atomic E-state index is 0.310. The van der Waals surface area contributed by atoms with Crippen molar-refractivity contribution in [1.29, 1.82) is 0 Å². The molecule has 0 fully saturated rings. The van der Waals surface area contributed by atoms with Crippen molar-refractivity contribution in [2.24, 2.45) is 0 Å². The van der Waals surface area contributed by atoms with Crippen LogP contribution < -0.4 is 5.46 Å². The maximum atomic E-state index is 11.0. The number of hydrogen-bond donors (Lipinski definition) is 0. The Morgan fingerprint density at radius 2 is 2.42 bits per heavy atom. The molecule has 0 saturated carbocycles. The maximum absolute atomic E-state index is 11.0. The van der Waals surface area contributed by atoms with Gasteiger partial charge in [-0.3, -0.25) is 0 Å². The Morgan fingerprint density at radius 1 is 1.75 bits per heavy atom. The number of nitrogens with zero attached hydrogens (tertiary/aromatic N) is 1. The third kappa shape index (κ3) is 1.85. The molecular formula is C7H5BBrNO2. The highest BCUT2D eigenvalue weighted by atomic mass is 79.9. The van der Waals surface area contributed by atoms with Gasteiger partial charge >= 0.3 is 5.97 Å². The predicted octanol–water partition coefficient (Wildman–Crippen LogP) is 0.424. The number of aromatic nitrogens is 1. The van der Waals surface area contributed by atoms with Crippen molar-refractivity contribution in [2.45, 2.75) is 0 Å². The van der Waals surface area contributed by atoms with E-state index in [4.69, 9.17) is 7.85 Å². The summed E-state index contributed by atoms with van der Waals surface area (Å²) in [4.78, 5) is 14.9. The third-order valence-electron chi connectivity index (χ3n) is 1.31. The van der Waals surface area contributed by atoms with Crippen molar-refractivity contribution in [2.75, 3.05) is 7.11 Å². The zero-order valence-electron chi connectivity index (χ0n) is 6.37. The number of carbonyl (C=O) groups excluding carboxylic acids is 1. The second-order valence-electron chi connectivity index (χ2n) is 2.09. The van der Waals surface area contributed by atoms with Gasteiger partial charge in [0.05, 0.1) is 12.7 Å². The molecule has 60 valence electrons. The van der Waals surface area contributed by atoms with Crippen molar-refractivity contribution < 1.29 is 9.53 Å². The molecule has 3 nitrogen and oxygen atoms in total. The highest BCUT2D eigenvalue weighted by Gasteiger charge is 2.08. The Labute approximate surface area is 79.7 Å². The number of pyridine rings is 1. The van der Waals surface area contributed by atoms with Gasteiger partial charge in [-0.1, -0.05) is 5.46 Å². The first kappa shape index (κ1) is 9.25. The first-order valence-corrected chi connectivity index (χ1v) is 3.93. The molecule has 2 radical (unpaired) electrons. The summed E-state index contributed by atoms with van der Waals surface area (Å²) in [7, 11) is 6.78. The number of carbonyl (C=O) groups is 1. The SMILES string of the molecule is [B]c1cnc(Br)cc1C(=O)OC. The third-order valence-corrected chi connectivity index (χ3v) is 1.74. The van der Waals surface area contributed by atoms with Crippen molar-refractivity contribution in [3.63, 3.8) is 0 Å². The van der Waals surface area contributed by atoms with E-state index in [2.05, 4.69) is 25.7 Å². The van der Waals surface area contributed by atoms with Gasteiger partial charge in [-0.15, -0.1) is 0 Å². The topological polar surface area (TPSA) is 39.2 Å². The van der Waals surface area contributed by atoms with Gasteiger partial charge < -0.3 is 4.74 Å². The van der Waals surface area contributed by atoms with Crippen LogP contribution in [0, 0.1) is 0 Å². The van der Waals surface area contributed by atoms with Crippen LogP contribution in [-0.2, 0) is 4.74 Å². The minimum Gasteiger partial charge on any atom is -0.465 e. The second kappa shape index (κ2) is 3.71. The lowest BCUT2D eigenvalue weighted by atomic mass is 9.93. The van der Waals surface area contributed by atoms with E-state index in [-0.39, 0.29) is 0 Å². The number of esters is 1. The summed E-state index contributed by atoms with van der Waals surface area (Å²) in [5.74, 6) is -0.462. The molecule has 1 heterocycles. The summed E-state index contributed by atoms with van der Waals surface area (Å²) in [5.41, 5.74) is 0.629. The fraction of sp³-hybridized carbons (Fsp3) is 0.143. The van der Waals surface area contributed by atoms with Crippen LogP contribution >= 0.6 is 15.9 Å². The molecule has 0 bridgehead atoms. The standard InChI is InChI=1S/C7H5BBrNO2/c1-12-7(11)4-2-6(9)10-3-5(4)8/h2-3H,1H3. The molecule has 0 unspecified atom stereocenters. The van der Waals surface area contributed by atoms with Crippen molar-refractivity contribution in [3.05, 3.63) is 22.4 Å². The normalized spacial score (nSPS) is 9.50. The van der Waals surface area contributed by atoms with E-state index in [0.29, 0.717) is 15.6 Å². The molecule has 0 aliphatic rings. The lowest BCUT2D eigenvalue weighted by Gasteiger charge is -2.02. The Hall–Kier alpha value is -0.835. The van der Waals surface area contributed by atoms with E-state index < -0.39 is 5.97 Å². The average molecular weight is 226 g/mol. The number of hydrogen-bond acceptors (Lipinski definition) is 3. The predicted molar refractivity (Wildman–Crippen MR) is 48.7 cm³/mol. The van der Waals surface area contributed by atoms with Crippen LogP contribution in [0.15, 0.2) is 16.9 Å². The van der Waals surface area contributed by atoms with E-state index in [1.165, 1.54) is 19.4 Å². The van der Waals surface area contributed by atoms with Gasteiger partial charge in [0.1, 0.15) is 12.4 Å². The minimum atomic E-state index is -0.462. The van der Waals surface area contributed by atoms with Crippen molar-refractivity contribution in [3.8, 4) is 0 Å². The molecule has 0 aliphatic carbocycles. The number of rotatable bonds is 1. The molecule has 12 heavy (non-hydrogen) atoms. The number of ether oxygens (including phenoxy) is 1. The first-order valence-electron chi connectivity index (χ1n) is 3.14. The van der Waals surface area contributed by atoms with Gasteiger partial charge in [-0.2, -0.15) is 0 Å². The van der Waals surface area contributed by atoms with Crippen LogP contribution in [0.5, 0.6) is 0 Å². The molecule has 1 aromatic rings. The largest absolute Gasteiger partial charge is 0.465 e. The van der Waals surface area contributed by atoms with Gasteiger partial charge in [-0.25, -0.2) is 9.78 Å². The number of halogens is 1. The van der Waals surface area contributed by atoms with Crippen LogP contribution in [0.4, 0.5) is 0 Å². The molecule has 0 aliphatic heterocycles. The molecular weight excluding hydrogens is 221 g/mol. The van der Waals surface area contributed by atoms with E-state index >= 15 is 0 Å². The summed E-state index contributed by atoms with van der Waals surface area (Å²) in [6, 6.07) is 1.52. The van der Waals surface area contributed by atoms with Gasteiger partial charge in [0.15, 0.2) is 0 Å². The zero-order valence-corrected chi connectivity index (χ0v) is 7.96. The molecule has 0 saturated heterocycles. The van der Waals surface area contributed by atoms with Crippen LogP contribution in [0.1, 0.15) is 10.4 Å². The Kier molecular flexibility index (Phi) is 2.86. The van der Waals surface area contributed by atoms with Gasteiger partial charge in [0.25, 0.3) is 0 Å². The maximum Gasteiger partial charge on any atom is 0.337 e. The summed E-state index contributed by atoms with van der Waals surface area (Å²) < 4.78 is 5.06. The van der Waals surface area contributed by atoms with Crippen molar-refractivity contribution in [1.82, 2.24) is 4.98 Å². The van der Waals surface area contributed by atoms with E-state index in [1.807, 2.05) is 0 Å². The molecule has 0 atom stereocenters. The molecule has 0 spiro atoms. The lowest BCUT2D eigenvalue weighted by molar-refractivity contribution is 0.0602. The quantitative estimate of drug-likeness (QED) is 0.395. The molecule has 0 N–H and O–H groups in total. The zero-order chi connectivity index (χ0) is 9.14. The number of methoxy groups -OCH3 is 1. The van der Waals surface area contributed by atoms with Crippen LogP contribution in [0.25, 0.3) is 0 Å². The van der Waals surface area contributed by atoms with Crippen LogP contribution in [-0.4, -0.2) is 25.9 Å². The van der Waals surface area contributed by atoms with Crippen LogP contribution in [0.3, 0.4) is 0 Å². The monoisotopic (exact) mass is 225 g/mol. The summed E-state index contributed by atoms with van der Waals surface area (Å²) in [5, 5.41) is 0.